The van der Waals surface area contributed by atoms with Crippen molar-refractivity contribution in [3.8, 4) is 0 Å². The molecule has 0 amide bonds. The number of likely N-dealkylation sites (tertiary alicyclic amines) is 1. The zero-order valence-electron chi connectivity index (χ0n) is 11.3. The number of aliphatic hydroxyl groups excluding tert-OH is 2. The van der Waals surface area contributed by atoms with Gasteiger partial charge in [-0.1, -0.05) is 36.7 Å². The van der Waals surface area contributed by atoms with E-state index in [0.29, 0.717) is 17.4 Å². The van der Waals surface area contributed by atoms with Crippen LogP contribution in [0.15, 0.2) is 24.3 Å². The monoisotopic (exact) mass is 283 g/mol. The fourth-order valence-electron chi connectivity index (χ4n) is 2.63. The number of hydrogen-bond acceptors (Lipinski definition) is 3. The molecule has 1 aromatic carbocycles. The third-order valence-corrected chi connectivity index (χ3v) is 4.27. The predicted molar refractivity (Wildman–Crippen MR) is 77.3 cm³/mol. The summed E-state index contributed by atoms with van der Waals surface area (Å²) in [4.78, 5) is 2.30. The SMILES string of the molecule is CC1CN(CCC(O)c2ccccc2Cl)CCC1O. The molecule has 3 atom stereocenters. The van der Waals surface area contributed by atoms with E-state index in [1.54, 1.807) is 6.07 Å². The molecular weight excluding hydrogens is 262 g/mol. The van der Waals surface area contributed by atoms with Crippen molar-refractivity contribution in [3.63, 3.8) is 0 Å². The van der Waals surface area contributed by atoms with Crippen LogP contribution in [-0.2, 0) is 0 Å². The summed E-state index contributed by atoms with van der Waals surface area (Å²) in [6.45, 7) is 4.71. The standard InChI is InChI=1S/C15H22ClNO2/c1-11-10-17(8-6-14(11)18)9-7-15(19)12-4-2-3-5-13(12)16/h2-5,11,14-15,18-19H,6-10H2,1H3. The Labute approximate surface area is 119 Å². The molecule has 3 nitrogen and oxygen atoms in total. The lowest BCUT2D eigenvalue weighted by molar-refractivity contribution is 0.0288. The minimum absolute atomic E-state index is 0.176. The molecule has 1 aliphatic rings. The van der Waals surface area contributed by atoms with Crippen molar-refractivity contribution in [2.24, 2.45) is 5.92 Å². The summed E-state index contributed by atoms with van der Waals surface area (Å²) >= 11 is 6.08. The van der Waals surface area contributed by atoms with E-state index in [1.807, 2.05) is 18.2 Å². The van der Waals surface area contributed by atoms with Gasteiger partial charge in [-0.2, -0.15) is 0 Å². The first-order valence-corrected chi connectivity index (χ1v) is 7.28. The van der Waals surface area contributed by atoms with Crippen molar-refractivity contribution < 1.29 is 10.2 Å². The summed E-state index contributed by atoms with van der Waals surface area (Å²) in [7, 11) is 0. The van der Waals surface area contributed by atoms with E-state index in [-0.39, 0.29) is 6.10 Å². The molecule has 0 bridgehead atoms. The molecule has 1 heterocycles. The number of aliphatic hydroxyl groups is 2. The van der Waals surface area contributed by atoms with Gasteiger partial charge in [-0.3, -0.25) is 0 Å². The maximum Gasteiger partial charge on any atom is 0.0816 e. The van der Waals surface area contributed by atoms with Gasteiger partial charge in [-0.05, 0) is 30.4 Å². The molecule has 106 valence electrons. The summed E-state index contributed by atoms with van der Waals surface area (Å²) in [5.74, 6) is 0.311. The van der Waals surface area contributed by atoms with Crippen molar-refractivity contribution in [2.45, 2.75) is 32.0 Å². The highest BCUT2D eigenvalue weighted by Crippen LogP contribution is 2.25. The summed E-state index contributed by atoms with van der Waals surface area (Å²) in [6.07, 6.45) is 0.802. The van der Waals surface area contributed by atoms with Crippen LogP contribution in [-0.4, -0.2) is 40.9 Å². The second kappa shape index (κ2) is 6.71. The van der Waals surface area contributed by atoms with Gasteiger partial charge in [0.25, 0.3) is 0 Å². The van der Waals surface area contributed by atoms with Gasteiger partial charge in [0.15, 0.2) is 0 Å². The van der Waals surface area contributed by atoms with Gasteiger partial charge in [-0.25, -0.2) is 0 Å². The van der Waals surface area contributed by atoms with Crippen molar-refractivity contribution in [3.05, 3.63) is 34.9 Å². The molecule has 1 saturated heterocycles. The zero-order valence-corrected chi connectivity index (χ0v) is 12.1. The largest absolute Gasteiger partial charge is 0.393 e. The fourth-order valence-corrected chi connectivity index (χ4v) is 2.89. The summed E-state index contributed by atoms with van der Waals surface area (Å²) < 4.78 is 0. The van der Waals surface area contributed by atoms with Gasteiger partial charge >= 0.3 is 0 Å². The van der Waals surface area contributed by atoms with Crippen LogP contribution in [0.25, 0.3) is 0 Å². The molecule has 1 fully saturated rings. The van der Waals surface area contributed by atoms with Crippen LogP contribution in [0.4, 0.5) is 0 Å². The average Bonchev–Trinajstić information content (AvgIpc) is 2.40. The molecule has 0 aliphatic carbocycles. The second-order valence-electron chi connectivity index (χ2n) is 5.46. The average molecular weight is 284 g/mol. The minimum Gasteiger partial charge on any atom is -0.393 e. The first-order chi connectivity index (χ1) is 9.08. The van der Waals surface area contributed by atoms with Crippen molar-refractivity contribution in [2.75, 3.05) is 19.6 Å². The molecule has 2 rings (SSSR count). The Morgan fingerprint density at radius 1 is 1.42 bits per heavy atom. The molecule has 19 heavy (non-hydrogen) atoms. The molecule has 0 radical (unpaired) electrons. The first-order valence-electron chi connectivity index (χ1n) is 6.91. The molecule has 0 spiro atoms. The van der Waals surface area contributed by atoms with Gasteiger partial charge in [-0.15, -0.1) is 0 Å². The van der Waals surface area contributed by atoms with Crippen molar-refractivity contribution >= 4 is 11.6 Å². The number of nitrogens with zero attached hydrogens (tertiary/aromatic N) is 1. The molecule has 1 aromatic rings. The van der Waals surface area contributed by atoms with Crippen LogP contribution in [0.5, 0.6) is 0 Å². The highest BCUT2D eigenvalue weighted by molar-refractivity contribution is 6.31. The predicted octanol–water partition coefficient (Wildman–Crippen LogP) is 2.47. The van der Waals surface area contributed by atoms with Crippen LogP contribution >= 0.6 is 11.6 Å². The first kappa shape index (κ1) is 14.8. The van der Waals surface area contributed by atoms with Crippen LogP contribution in [0, 0.1) is 5.92 Å². The summed E-state index contributed by atoms with van der Waals surface area (Å²) in [5.41, 5.74) is 0.800. The molecule has 4 heteroatoms. The summed E-state index contributed by atoms with van der Waals surface area (Å²) in [5, 5.41) is 20.5. The molecule has 0 aromatic heterocycles. The quantitative estimate of drug-likeness (QED) is 0.892. The summed E-state index contributed by atoms with van der Waals surface area (Å²) in [6, 6.07) is 7.44. The van der Waals surface area contributed by atoms with Crippen LogP contribution in [0.1, 0.15) is 31.4 Å². The van der Waals surface area contributed by atoms with Gasteiger partial charge in [0.05, 0.1) is 12.2 Å². The Bertz CT molecular complexity index is 413. The lowest BCUT2D eigenvalue weighted by atomic mass is 9.96. The number of benzene rings is 1. The van der Waals surface area contributed by atoms with E-state index >= 15 is 0 Å². The van der Waals surface area contributed by atoms with Gasteiger partial charge < -0.3 is 15.1 Å². The normalized spacial score (nSPS) is 26.3. The topological polar surface area (TPSA) is 43.7 Å². The van der Waals surface area contributed by atoms with E-state index in [9.17, 15) is 10.2 Å². The van der Waals surface area contributed by atoms with Crippen molar-refractivity contribution in [1.29, 1.82) is 0 Å². The van der Waals surface area contributed by atoms with E-state index < -0.39 is 6.10 Å². The van der Waals surface area contributed by atoms with Crippen LogP contribution in [0.3, 0.4) is 0 Å². The van der Waals surface area contributed by atoms with Crippen LogP contribution in [0.2, 0.25) is 5.02 Å². The molecule has 1 aliphatic heterocycles. The maximum absolute atomic E-state index is 10.2. The number of hydrogen-bond donors (Lipinski definition) is 2. The third kappa shape index (κ3) is 3.93. The Morgan fingerprint density at radius 3 is 2.84 bits per heavy atom. The van der Waals surface area contributed by atoms with Crippen molar-refractivity contribution in [1.82, 2.24) is 4.90 Å². The van der Waals surface area contributed by atoms with E-state index in [4.69, 9.17) is 11.6 Å². The third-order valence-electron chi connectivity index (χ3n) is 3.93. The lowest BCUT2D eigenvalue weighted by Crippen LogP contribution is -2.42. The molecule has 0 saturated carbocycles. The number of halogens is 1. The smallest absolute Gasteiger partial charge is 0.0816 e. The van der Waals surface area contributed by atoms with E-state index in [2.05, 4.69) is 11.8 Å². The van der Waals surface area contributed by atoms with Gasteiger partial charge in [0, 0.05) is 24.7 Å². The Morgan fingerprint density at radius 2 is 2.16 bits per heavy atom. The molecular formula is C15H22ClNO2. The van der Waals surface area contributed by atoms with E-state index in [1.165, 1.54) is 0 Å². The lowest BCUT2D eigenvalue weighted by Gasteiger charge is -2.34. The number of piperidine rings is 1. The zero-order chi connectivity index (χ0) is 13.8. The van der Waals surface area contributed by atoms with Gasteiger partial charge in [0.1, 0.15) is 0 Å². The maximum atomic E-state index is 10.2. The Kier molecular flexibility index (Phi) is 5.22. The van der Waals surface area contributed by atoms with Gasteiger partial charge in [0.2, 0.25) is 0 Å². The van der Waals surface area contributed by atoms with Crippen LogP contribution < -0.4 is 0 Å². The fraction of sp³-hybridized carbons (Fsp3) is 0.600. The second-order valence-corrected chi connectivity index (χ2v) is 5.87. The molecule has 2 N–H and O–H groups in total. The minimum atomic E-state index is -0.518. The number of rotatable bonds is 4. The highest BCUT2D eigenvalue weighted by atomic mass is 35.5. The van der Waals surface area contributed by atoms with E-state index in [0.717, 1.165) is 31.6 Å². The Hall–Kier alpha value is -0.610. The highest BCUT2D eigenvalue weighted by Gasteiger charge is 2.24. The Balaban J connectivity index is 1.84. The molecule has 3 unspecified atom stereocenters.